The van der Waals surface area contributed by atoms with E-state index in [4.69, 9.17) is 23.2 Å². The Morgan fingerprint density at radius 2 is 1.75 bits per heavy atom. The molecule has 0 saturated carbocycles. The Hall–Kier alpha value is -1.40. The van der Waals surface area contributed by atoms with Gasteiger partial charge in [-0.15, -0.1) is 0 Å². The Kier molecular flexibility index (Phi) is 4.97. The molecule has 0 fully saturated rings. The van der Waals surface area contributed by atoms with E-state index in [1.54, 1.807) is 24.3 Å². The Balaban J connectivity index is 1.85. The fourth-order valence-electron chi connectivity index (χ4n) is 2.62. The van der Waals surface area contributed by atoms with Gasteiger partial charge in [0.2, 0.25) is 10.0 Å². The summed E-state index contributed by atoms with van der Waals surface area (Å²) in [5, 5.41) is 0.241. The van der Waals surface area contributed by atoms with E-state index < -0.39 is 10.0 Å². The Bertz CT molecular complexity index is 895. The average Bonchev–Trinajstić information content (AvgIpc) is 2.58. The molecule has 3 rings (SSSR count). The van der Waals surface area contributed by atoms with Gasteiger partial charge in [0.1, 0.15) is 10.7 Å². The minimum Gasteiger partial charge on any atom is -0.207 e. The van der Waals surface area contributed by atoms with Crippen molar-refractivity contribution in [3.05, 3.63) is 70.0 Å². The highest BCUT2D eigenvalue weighted by molar-refractivity contribution is 7.89. The van der Waals surface area contributed by atoms with E-state index in [2.05, 4.69) is 0 Å². The maximum absolute atomic E-state index is 13.0. The number of halogens is 3. The van der Waals surface area contributed by atoms with Crippen LogP contribution in [0.3, 0.4) is 0 Å². The summed E-state index contributed by atoms with van der Waals surface area (Å²) in [7, 11) is -3.72. The second kappa shape index (κ2) is 6.84. The Morgan fingerprint density at radius 1 is 1.04 bits per heavy atom. The highest BCUT2D eigenvalue weighted by Gasteiger charge is 2.28. The molecule has 2 aromatic carbocycles. The van der Waals surface area contributed by atoms with Crippen LogP contribution in [0, 0.1) is 5.82 Å². The van der Waals surface area contributed by atoms with Crippen molar-refractivity contribution in [2.75, 3.05) is 13.1 Å². The van der Waals surface area contributed by atoms with E-state index in [1.165, 1.54) is 22.5 Å². The smallest absolute Gasteiger partial charge is 0.207 e. The molecule has 0 saturated heterocycles. The largest absolute Gasteiger partial charge is 0.244 e. The summed E-state index contributed by atoms with van der Waals surface area (Å²) in [6.07, 6.45) is 2.38. The van der Waals surface area contributed by atoms with Gasteiger partial charge >= 0.3 is 0 Å². The summed E-state index contributed by atoms with van der Waals surface area (Å²) in [5.74, 6) is -0.296. The van der Waals surface area contributed by atoms with Gasteiger partial charge in [-0.25, -0.2) is 12.8 Å². The van der Waals surface area contributed by atoms with Gasteiger partial charge in [0.25, 0.3) is 0 Å². The van der Waals surface area contributed by atoms with Crippen LogP contribution in [0.5, 0.6) is 0 Å². The molecular weight excluding hydrogens is 372 g/mol. The maximum Gasteiger partial charge on any atom is 0.244 e. The van der Waals surface area contributed by atoms with Crippen molar-refractivity contribution in [1.29, 1.82) is 0 Å². The van der Waals surface area contributed by atoms with Crippen molar-refractivity contribution >= 4 is 38.8 Å². The quantitative estimate of drug-likeness (QED) is 0.773. The van der Waals surface area contributed by atoms with Crippen LogP contribution in [0.1, 0.15) is 12.0 Å². The first-order valence-corrected chi connectivity index (χ1v) is 9.48. The first-order valence-electron chi connectivity index (χ1n) is 7.29. The molecule has 0 unspecified atom stereocenters. The van der Waals surface area contributed by atoms with E-state index in [0.29, 0.717) is 13.0 Å². The molecule has 0 N–H and O–H groups in total. The van der Waals surface area contributed by atoms with Gasteiger partial charge < -0.3 is 0 Å². The van der Waals surface area contributed by atoms with Gasteiger partial charge in [0.05, 0.1) is 10.0 Å². The zero-order chi connectivity index (χ0) is 17.3. The van der Waals surface area contributed by atoms with Crippen LogP contribution in [-0.2, 0) is 10.0 Å². The summed E-state index contributed by atoms with van der Waals surface area (Å²) >= 11 is 12.0. The molecule has 0 aromatic heterocycles. The predicted octanol–water partition coefficient (Wildman–Crippen LogP) is 4.61. The van der Waals surface area contributed by atoms with E-state index >= 15 is 0 Å². The maximum atomic E-state index is 13.0. The second-order valence-corrected chi connectivity index (χ2v) is 8.09. The SMILES string of the molecule is O=S(=O)(c1cccc(Cl)c1Cl)N1CC=C(c2ccc(F)cc2)CC1. The van der Waals surface area contributed by atoms with E-state index in [1.807, 2.05) is 6.08 Å². The second-order valence-electron chi connectivity index (χ2n) is 5.40. The third kappa shape index (κ3) is 3.35. The highest BCUT2D eigenvalue weighted by Crippen LogP contribution is 2.32. The molecule has 3 nitrogen and oxygen atoms in total. The van der Waals surface area contributed by atoms with Crippen molar-refractivity contribution < 1.29 is 12.8 Å². The molecule has 0 amide bonds. The molecule has 0 spiro atoms. The van der Waals surface area contributed by atoms with Gasteiger partial charge in [0, 0.05) is 13.1 Å². The van der Waals surface area contributed by atoms with Crippen LogP contribution in [0.4, 0.5) is 4.39 Å². The third-order valence-corrected chi connectivity index (χ3v) is 6.76. The van der Waals surface area contributed by atoms with E-state index in [0.717, 1.165) is 11.1 Å². The molecule has 7 heteroatoms. The summed E-state index contributed by atoms with van der Waals surface area (Å²) in [4.78, 5) is 0.00954. The number of benzene rings is 2. The topological polar surface area (TPSA) is 37.4 Å². The zero-order valence-electron chi connectivity index (χ0n) is 12.5. The molecule has 2 aromatic rings. The number of nitrogens with zero attached hydrogens (tertiary/aromatic N) is 1. The van der Waals surface area contributed by atoms with Crippen LogP contribution in [0.15, 0.2) is 53.4 Å². The van der Waals surface area contributed by atoms with Crippen molar-refractivity contribution in [2.45, 2.75) is 11.3 Å². The Labute approximate surface area is 150 Å². The van der Waals surface area contributed by atoms with Gasteiger partial charge in [-0.05, 0) is 41.8 Å². The van der Waals surface area contributed by atoms with Crippen molar-refractivity contribution in [3.63, 3.8) is 0 Å². The first-order chi connectivity index (χ1) is 11.4. The molecule has 1 heterocycles. The summed E-state index contributed by atoms with van der Waals surface area (Å²) in [6.45, 7) is 0.562. The fraction of sp³-hybridized carbons (Fsp3) is 0.176. The van der Waals surface area contributed by atoms with Crippen LogP contribution in [0.25, 0.3) is 5.57 Å². The predicted molar refractivity (Wildman–Crippen MR) is 94.2 cm³/mol. The number of hydrogen-bond donors (Lipinski definition) is 0. The molecule has 0 atom stereocenters. The van der Waals surface area contributed by atoms with Gasteiger partial charge in [-0.3, -0.25) is 0 Å². The Morgan fingerprint density at radius 3 is 2.38 bits per heavy atom. The van der Waals surface area contributed by atoms with Crippen molar-refractivity contribution in [3.8, 4) is 0 Å². The van der Waals surface area contributed by atoms with Crippen molar-refractivity contribution in [2.24, 2.45) is 0 Å². The molecule has 0 bridgehead atoms. The summed E-state index contributed by atoms with van der Waals surface area (Å²) < 4.78 is 39.9. The monoisotopic (exact) mass is 385 g/mol. The highest BCUT2D eigenvalue weighted by atomic mass is 35.5. The molecule has 126 valence electrons. The van der Waals surface area contributed by atoms with Crippen LogP contribution < -0.4 is 0 Å². The zero-order valence-corrected chi connectivity index (χ0v) is 14.9. The molecule has 24 heavy (non-hydrogen) atoms. The summed E-state index contributed by atoms with van der Waals surface area (Å²) in [6, 6.07) is 10.7. The molecule has 0 radical (unpaired) electrons. The van der Waals surface area contributed by atoms with Crippen molar-refractivity contribution in [1.82, 2.24) is 4.31 Å². The minimum atomic E-state index is -3.72. The lowest BCUT2D eigenvalue weighted by atomic mass is 10.0. The standard InChI is InChI=1S/C17H14Cl2FNO2S/c18-15-2-1-3-16(17(15)19)24(22,23)21-10-8-13(9-11-21)12-4-6-14(20)7-5-12/h1-8H,9-11H2. The number of hydrogen-bond acceptors (Lipinski definition) is 2. The lowest BCUT2D eigenvalue weighted by Gasteiger charge is -2.26. The fourth-order valence-corrected chi connectivity index (χ4v) is 4.73. The molecule has 1 aliphatic heterocycles. The normalized spacial score (nSPS) is 16.0. The third-order valence-electron chi connectivity index (χ3n) is 3.92. The van der Waals surface area contributed by atoms with Crippen LogP contribution in [0.2, 0.25) is 10.0 Å². The molecule has 0 aliphatic carbocycles. The van der Waals surface area contributed by atoms with Gasteiger partial charge in [-0.1, -0.05) is 47.5 Å². The van der Waals surface area contributed by atoms with E-state index in [-0.39, 0.29) is 27.3 Å². The lowest BCUT2D eigenvalue weighted by Crippen LogP contribution is -2.34. The number of rotatable bonds is 3. The first kappa shape index (κ1) is 17.4. The molecular formula is C17H14Cl2FNO2S. The minimum absolute atomic E-state index is 0.00954. The summed E-state index contributed by atoms with van der Waals surface area (Å²) in [5.41, 5.74) is 1.90. The lowest BCUT2D eigenvalue weighted by molar-refractivity contribution is 0.441. The van der Waals surface area contributed by atoms with Gasteiger partial charge in [-0.2, -0.15) is 4.31 Å². The van der Waals surface area contributed by atoms with E-state index in [9.17, 15) is 12.8 Å². The number of sulfonamides is 1. The molecule has 1 aliphatic rings. The van der Waals surface area contributed by atoms with Crippen LogP contribution in [-0.4, -0.2) is 25.8 Å². The van der Waals surface area contributed by atoms with Crippen LogP contribution >= 0.6 is 23.2 Å². The average molecular weight is 386 g/mol. The van der Waals surface area contributed by atoms with Gasteiger partial charge in [0.15, 0.2) is 0 Å².